The Morgan fingerprint density at radius 3 is 2.50 bits per heavy atom. The van der Waals surface area contributed by atoms with E-state index in [-0.39, 0.29) is 0 Å². The van der Waals surface area contributed by atoms with Crippen molar-refractivity contribution in [2.75, 3.05) is 0 Å². The normalized spacial score (nSPS) is 10.9. The van der Waals surface area contributed by atoms with Gasteiger partial charge < -0.3 is 0 Å². The molecular formula is C13H11ClN2. The Kier molecular flexibility index (Phi) is 3.32. The number of benzene rings is 1. The van der Waals surface area contributed by atoms with Crippen molar-refractivity contribution in [2.24, 2.45) is 4.99 Å². The third-order valence-corrected chi connectivity index (χ3v) is 2.38. The molecule has 2 rings (SSSR count). The van der Waals surface area contributed by atoms with Crippen LogP contribution in [0.3, 0.4) is 0 Å². The predicted octanol–water partition coefficient (Wildman–Crippen LogP) is 3.79. The number of aliphatic imine (C=N–C) groups is 1. The fraction of sp³-hybridized carbons (Fsp3) is 0.0769. The van der Waals surface area contributed by atoms with E-state index in [1.54, 1.807) is 12.4 Å². The summed E-state index contributed by atoms with van der Waals surface area (Å²) >= 11 is 5.79. The van der Waals surface area contributed by atoms with Crippen molar-refractivity contribution in [3.05, 3.63) is 58.9 Å². The second-order valence-electron chi connectivity index (χ2n) is 3.47. The Hall–Kier alpha value is -1.67. The fourth-order valence-electron chi connectivity index (χ4n) is 1.23. The monoisotopic (exact) mass is 230 g/mol. The molecule has 0 bridgehead atoms. The third kappa shape index (κ3) is 2.91. The number of halogens is 1. The van der Waals surface area contributed by atoms with Crippen LogP contribution < -0.4 is 0 Å². The van der Waals surface area contributed by atoms with E-state index in [4.69, 9.17) is 11.6 Å². The lowest BCUT2D eigenvalue weighted by Crippen LogP contribution is -1.80. The summed E-state index contributed by atoms with van der Waals surface area (Å²) in [6, 6.07) is 11.4. The van der Waals surface area contributed by atoms with Gasteiger partial charge in [0.1, 0.15) is 0 Å². The molecule has 80 valence electrons. The molecule has 0 aliphatic carbocycles. The maximum atomic E-state index is 5.79. The smallest absolute Gasteiger partial charge is 0.0813 e. The van der Waals surface area contributed by atoms with Crippen molar-refractivity contribution in [3.63, 3.8) is 0 Å². The Morgan fingerprint density at radius 1 is 1.12 bits per heavy atom. The van der Waals surface area contributed by atoms with Gasteiger partial charge >= 0.3 is 0 Å². The molecule has 16 heavy (non-hydrogen) atoms. The molecule has 0 radical (unpaired) electrons. The molecular weight excluding hydrogens is 220 g/mol. The number of hydrogen-bond acceptors (Lipinski definition) is 2. The lowest BCUT2D eigenvalue weighted by Gasteiger charge is -1.95. The van der Waals surface area contributed by atoms with Crippen molar-refractivity contribution in [3.8, 4) is 0 Å². The lowest BCUT2D eigenvalue weighted by molar-refractivity contribution is 1.19. The molecule has 0 amide bonds. The van der Waals surface area contributed by atoms with Crippen LogP contribution in [0.25, 0.3) is 0 Å². The average molecular weight is 231 g/mol. The molecule has 0 unspecified atom stereocenters. The highest BCUT2D eigenvalue weighted by Gasteiger charge is 1.90. The summed E-state index contributed by atoms with van der Waals surface area (Å²) in [7, 11) is 0. The van der Waals surface area contributed by atoms with Gasteiger partial charge in [0.25, 0.3) is 0 Å². The molecule has 1 aromatic carbocycles. The van der Waals surface area contributed by atoms with Crippen molar-refractivity contribution >= 4 is 23.5 Å². The van der Waals surface area contributed by atoms with Gasteiger partial charge in [-0.15, -0.1) is 0 Å². The lowest BCUT2D eigenvalue weighted by atomic mass is 10.2. The van der Waals surface area contributed by atoms with Gasteiger partial charge in [0, 0.05) is 16.9 Å². The molecule has 0 saturated heterocycles. The zero-order chi connectivity index (χ0) is 11.4. The number of aryl methyl sites for hydroxylation is 1. The van der Waals surface area contributed by atoms with E-state index in [0.717, 1.165) is 22.0 Å². The largest absolute Gasteiger partial charge is 0.259 e. The number of rotatable bonds is 2. The fourth-order valence-corrected chi connectivity index (χ4v) is 1.36. The summed E-state index contributed by atoms with van der Waals surface area (Å²) in [6.45, 7) is 1.95. The minimum atomic E-state index is 0.731. The van der Waals surface area contributed by atoms with Crippen LogP contribution in [0.4, 0.5) is 5.69 Å². The molecule has 1 aromatic heterocycles. The number of pyridine rings is 1. The summed E-state index contributed by atoms with van der Waals surface area (Å²) in [5.41, 5.74) is 2.86. The van der Waals surface area contributed by atoms with E-state index in [1.165, 1.54) is 0 Å². The zero-order valence-corrected chi connectivity index (χ0v) is 9.65. The van der Waals surface area contributed by atoms with E-state index in [2.05, 4.69) is 9.98 Å². The van der Waals surface area contributed by atoms with E-state index in [1.807, 2.05) is 43.3 Å². The first-order valence-corrected chi connectivity index (χ1v) is 5.34. The molecule has 0 aliphatic rings. The molecule has 0 fully saturated rings. The van der Waals surface area contributed by atoms with Crippen LogP contribution in [0.15, 0.2) is 47.6 Å². The Bertz CT molecular complexity index is 439. The van der Waals surface area contributed by atoms with Crippen LogP contribution in [-0.2, 0) is 0 Å². The Morgan fingerprint density at radius 2 is 1.88 bits per heavy atom. The standard InChI is InChI=1S/C13H11ClN2/c1-10-2-7-13(9-15-10)16-8-11-3-5-12(14)6-4-11/h2-9H,1H3. The predicted molar refractivity (Wildman–Crippen MR) is 67.7 cm³/mol. The molecule has 0 N–H and O–H groups in total. The topological polar surface area (TPSA) is 25.2 Å². The van der Waals surface area contributed by atoms with Gasteiger partial charge in [-0.3, -0.25) is 9.98 Å². The second-order valence-corrected chi connectivity index (χ2v) is 3.90. The summed E-state index contributed by atoms with van der Waals surface area (Å²) in [5, 5.41) is 0.731. The zero-order valence-electron chi connectivity index (χ0n) is 8.89. The van der Waals surface area contributed by atoms with E-state index in [0.29, 0.717) is 0 Å². The first-order valence-electron chi connectivity index (χ1n) is 4.96. The van der Waals surface area contributed by atoms with Crippen LogP contribution in [0.1, 0.15) is 11.3 Å². The van der Waals surface area contributed by atoms with Crippen molar-refractivity contribution in [1.82, 2.24) is 4.98 Å². The maximum absolute atomic E-state index is 5.79. The quantitative estimate of drug-likeness (QED) is 0.721. The van der Waals surface area contributed by atoms with Gasteiger partial charge in [0.15, 0.2) is 0 Å². The molecule has 0 atom stereocenters. The summed E-state index contributed by atoms with van der Waals surface area (Å²) in [5.74, 6) is 0. The first-order chi connectivity index (χ1) is 7.74. The number of hydrogen-bond donors (Lipinski definition) is 0. The van der Waals surface area contributed by atoms with E-state index >= 15 is 0 Å². The molecule has 1 heterocycles. The van der Waals surface area contributed by atoms with Gasteiger partial charge in [0.05, 0.1) is 11.9 Å². The number of nitrogens with zero attached hydrogens (tertiary/aromatic N) is 2. The van der Waals surface area contributed by atoms with Crippen molar-refractivity contribution in [2.45, 2.75) is 6.92 Å². The van der Waals surface area contributed by atoms with Gasteiger partial charge in [-0.2, -0.15) is 0 Å². The Labute approximate surface area is 99.6 Å². The molecule has 2 aromatic rings. The van der Waals surface area contributed by atoms with Crippen LogP contribution in [0.2, 0.25) is 5.02 Å². The average Bonchev–Trinajstić information content (AvgIpc) is 2.30. The highest BCUT2D eigenvalue weighted by molar-refractivity contribution is 6.30. The minimum absolute atomic E-state index is 0.731. The summed E-state index contributed by atoms with van der Waals surface area (Å²) < 4.78 is 0. The first kappa shape index (κ1) is 10.8. The van der Waals surface area contributed by atoms with E-state index < -0.39 is 0 Å². The van der Waals surface area contributed by atoms with Gasteiger partial charge in [0.2, 0.25) is 0 Å². The van der Waals surface area contributed by atoms with Gasteiger partial charge in [-0.25, -0.2) is 0 Å². The second kappa shape index (κ2) is 4.90. The molecule has 0 spiro atoms. The molecule has 3 heteroatoms. The highest BCUT2D eigenvalue weighted by atomic mass is 35.5. The SMILES string of the molecule is Cc1ccc(N=Cc2ccc(Cl)cc2)cn1. The van der Waals surface area contributed by atoms with Crippen molar-refractivity contribution < 1.29 is 0 Å². The highest BCUT2D eigenvalue weighted by Crippen LogP contribution is 2.11. The van der Waals surface area contributed by atoms with Gasteiger partial charge in [-0.05, 0) is 36.8 Å². The van der Waals surface area contributed by atoms with E-state index in [9.17, 15) is 0 Å². The molecule has 2 nitrogen and oxygen atoms in total. The Balaban J connectivity index is 2.15. The molecule has 0 saturated carbocycles. The van der Waals surface area contributed by atoms with Crippen LogP contribution in [0, 0.1) is 6.92 Å². The van der Waals surface area contributed by atoms with Crippen LogP contribution >= 0.6 is 11.6 Å². The maximum Gasteiger partial charge on any atom is 0.0813 e. The van der Waals surface area contributed by atoms with Crippen LogP contribution in [-0.4, -0.2) is 11.2 Å². The van der Waals surface area contributed by atoms with Crippen LogP contribution in [0.5, 0.6) is 0 Å². The minimum Gasteiger partial charge on any atom is -0.259 e. The summed E-state index contributed by atoms with van der Waals surface area (Å²) in [4.78, 5) is 8.49. The van der Waals surface area contributed by atoms with Gasteiger partial charge in [-0.1, -0.05) is 23.7 Å². The summed E-state index contributed by atoms with van der Waals surface area (Å²) in [6.07, 6.45) is 3.55. The third-order valence-electron chi connectivity index (χ3n) is 2.13. The van der Waals surface area contributed by atoms with Crippen molar-refractivity contribution in [1.29, 1.82) is 0 Å². The number of aromatic nitrogens is 1. The molecule has 0 aliphatic heterocycles.